The van der Waals surface area contributed by atoms with Crippen LogP contribution in [-0.2, 0) is 17.8 Å². The first-order valence-corrected chi connectivity index (χ1v) is 7.53. The second-order valence-electron chi connectivity index (χ2n) is 6.27. The minimum absolute atomic E-state index is 0.0487. The van der Waals surface area contributed by atoms with Crippen molar-refractivity contribution in [3.05, 3.63) is 83.7 Å². The topological polar surface area (TPSA) is 9.23 Å². The van der Waals surface area contributed by atoms with Crippen LogP contribution in [0.3, 0.4) is 0 Å². The van der Waals surface area contributed by atoms with E-state index in [-0.39, 0.29) is 11.2 Å². The van der Waals surface area contributed by atoms with Gasteiger partial charge < -0.3 is 4.74 Å². The third-order valence-corrected chi connectivity index (χ3v) is 3.64. The van der Waals surface area contributed by atoms with Crippen LogP contribution in [-0.4, -0.2) is 6.61 Å². The molecule has 0 spiro atoms. The molecule has 0 aliphatic rings. The van der Waals surface area contributed by atoms with E-state index < -0.39 is 0 Å². The Labute approximate surface area is 132 Å². The number of ether oxygens (including phenoxy) is 1. The molecule has 2 heteroatoms. The standard InChI is InChI=1S/C20H23FO/c1-4-20(2,3)15-22-14-17-10-11-19(21)18(13-17)12-16-8-6-5-7-9-16/h4-11,13H,1,12,14-15H2,2-3H3. The molecule has 0 aliphatic carbocycles. The van der Waals surface area contributed by atoms with Crippen molar-refractivity contribution in [1.82, 2.24) is 0 Å². The van der Waals surface area contributed by atoms with Crippen LogP contribution < -0.4 is 0 Å². The Hall–Kier alpha value is -1.93. The fraction of sp³-hybridized carbons (Fsp3) is 0.300. The fourth-order valence-corrected chi connectivity index (χ4v) is 2.16. The molecule has 0 heterocycles. The van der Waals surface area contributed by atoms with Gasteiger partial charge in [0.05, 0.1) is 13.2 Å². The zero-order chi connectivity index (χ0) is 16.0. The fourth-order valence-electron chi connectivity index (χ4n) is 2.16. The summed E-state index contributed by atoms with van der Waals surface area (Å²) in [4.78, 5) is 0. The van der Waals surface area contributed by atoms with Gasteiger partial charge in [0.1, 0.15) is 5.82 Å². The third-order valence-electron chi connectivity index (χ3n) is 3.64. The van der Waals surface area contributed by atoms with Crippen molar-refractivity contribution in [2.75, 3.05) is 6.61 Å². The SMILES string of the molecule is C=CC(C)(C)COCc1ccc(F)c(Cc2ccccc2)c1. The first-order chi connectivity index (χ1) is 10.5. The molecular weight excluding hydrogens is 275 g/mol. The minimum atomic E-state index is -0.168. The molecule has 0 bridgehead atoms. The molecule has 0 saturated heterocycles. The Morgan fingerprint density at radius 1 is 1.09 bits per heavy atom. The molecule has 116 valence electrons. The summed E-state index contributed by atoms with van der Waals surface area (Å²) in [6, 6.07) is 15.1. The van der Waals surface area contributed by atoms with Crippen molar-refractivity contribution in [2.45, 2.75) is 26.9 Å². The van der Waals surface area contributed by atoms with E-state index >= 15 is 0 Å². The monoisotopic (exact) mass is 298 g/mol. The summed E-state index contributed by atoms with van der Waals surface area (Å²) in [5, 5.41) is 0. The van der Waals surface area contributed by atoms with Crippen molar-refractivity contribution in [3.63, 3.8) is 0 Å². The maximum atomic E-state index is 14.0. The predicted molar refractivity (Wildman–Crippen MR) is 89.3 cm³/mol. The number of hydrogen-bond acceptors (Lipinski definition) is 1. The molecule has 2 aromatic rings. The number of hydrogen-bond donors (Lipinski definition) is 0. The zero-order valence-corrected chi connectivity index (χ0v) is 13.3. The van der Waals surface area contributed by atoms with E-state index in [4.69, 9.17) is 4.74 Å². The Morgan fingerprint density at radius 3 is 2.50 bits per heavy atom. The molecule has 0 saturated carbocycles. The predicted octanol–water partition coefficient (Wildman–Crippen LogP) is 5.15. The molecule has 0 fully saturated rings. The van der Waals surface area contributed by atoms with Gasteiger partial charge in [0.15, 0.2) is 0 Å². The van der Waals surface area contributed by atoms with Crippen LogP contribution in [0.5, 0.6) is 0 Å². The summed E-state index contributed by atoms with van der Waals surface area (Å²) in [5.41, 5.74) is 2.75. The van der Waals surface area contributed by atoms with Crippen molar-refractivity contribution < 1.29 is 9.13 Å². The highest BCUT2D eigenvalue weighted by molar-refractivity contribution is 5.30. The van der Waals surface area contributed by atoms with Crippen molar-refractivity contribution in [1.29, 1.82) is 0 Å². The maximum Gasteiger partial charge on any atom is 0.126 e. The van der Waals surface area contributed by atoms with Crippen LogP contribution in [0.15, 0.2) is 61.2 Å². The summed E-state index contributed by atoms with van der Waals surface area (Å²) in [6.07, 6.45) is 2.48. The van der Waals surface area contributed by atoms with Gasteiger partial charge in [-0.15, -0.1) is 6.58 Å². The quantitative estimate of drug-likeness (QED) is 0.643. The number of halogens is 1. The van der Waals surface area contributed by atoms with Gasteiger partial charge in [-0.3, -0.25) is 0 Å². The lowest BCUT2D eigenvalue weighted by molar-refractivity contribution is 0.0718. The molecule has 0 unspecified atom stereocenters. The first-order valence-electron chi connectivity index (χ1n) is 7.53. The van der Waals surface area contributed by atoms with E-state index in [1.165, 1.54) is 6.07 Å². The van der Waals surface area contributed by atoms with Crippen LogP contribution in [0.4, 0.5) is 4.39 Å². The number of benzene rings is 2. The molecule has 0 amide bonds. The average Bonchev–Trinajstić information content (AvgIpc) is 2.51. The van der Waals surface area contributed by atoms with Gasteiger partial charge in [-0.2, -0.15) is 0 Å². The van der Waals surface area contributed by atoms with E-state index in [2.05, 4.69) is 20.4 Å². The highest BCUT2D eigenvalue weighted by Crippen LogP contribution is 2.19. The van der Waals surface area contributed by atoms with Crippen LogP contribution in [0, 0.1) is 11.2 Å². The zero-order valence-electron chi connectivity index (χ0n) is 13.3. The highest BCUT2D eigenvalue weighted by atomic mass is 19.1. The summed E-state index contributed by atoms with van der Waals surface area (Å²) in [7, 11) is 0. The summed E-state index contributed by atoms with van der Waals surface area (Å²) < 4.78 is 19.7. The molecule has 0 aromatic heterocycles. The van der Waals surface area contributed by atoms with E-state index in [1.54, 1.807) is 6.07 Å². The summed E-state index contributed by atoms with van der Waals surface area (Å²) in [6.45, 7) is 9.04. The van der Waals surface area contributed by atoms with E-state index in [9.17, 15) is 4.39 Å². The van der Waals surface area contributed by atoms with Crippen LogP contribution in [0.25, 0.3) is 0 Å². The first kappa shape index (κ1) is 16.4. The van der Waals surface area contributed by atoms with E-state index in [0.29, 0.717) is 25.2 Å². The second kappa shape index (κ2) is 7.37. The van der Waals surface area contributed by atoms with Crippen molar-refractivity contribution >= 4 is 0 Å². The normalized spacial score (nSPS) is 11.4. The van der Waals surface area contributed by atoms with Crippen LogP contribution in [0.1, 0.15) is 30.5 Å². The highest BCUT2D eigenvalue weighted by Gasteiger charge is 2.13. The third kappa shape index (κ3) is 4.81. The molecule has 2 rings (SSSR count). The molecule has 0 atom stereocenters. The molecule has 0 aliphatic heterocycles. The smallest absolute Gasteiger partial charge is 0.126 e. The van der Waals surface area contributed by atoms with Gasteiger partial charge in [0.25, 0.3) is 0 Å². The molecule has 2 aromatic carbocycles. The lowest BCUT2D eigenvalue weighted by atomic mass is 9.95. The lowest BCUT2D eigenvalue weighted by Crippen LogP contribution is -2.15. The minimum Gasteiger partial charge on any atom is -0.376 e. The lowest BCUT2D eigenvalue weighted by Gasteiger charge is -2.19. The molecule has 1 nitrogen and oxygen atoms in total. The Balaban J connectivity index is 2.02. The maximum absolute atomic E-state index is 14.0. The van der Waals surface area contributed by atoms with Gasteiger partial charge >= 0.3 is 0 Å². The van der Waals surface area contributed by atoms with Crippen LogP contribution >= 0.6 is 0 Å². The van der Waals surface area contributed by atoms with Gasteiger partial charge in [-0.05, 0) is 22.8 Å². The molecule has 0 N–H and O–H groups in total. The van der Waals surface area contributed by atoms with Crippen molar-refractivity contribution in [3.8, 4) is 0 Å². The summed E-state index contributed by atoms with van der Waals surface area (Å²) >= 11 is 0. The Bertz CT molecular complexity index is 617. The largest absolute Gasteiger partial charge is 0.376 e. The number of rotatable bonds is 7. The van der Waals surface area contributed by atoms with Gasteiger partial charge in [0, 0.05) is 11.8 Å². The van der Waals surface area contributed by atoms with Crippen LogP contribution in [0.2, 0.25) is 0 Å². The Morgan fingerprint density at radius 2 is 1.82 bits per heavy atom. The average molecular weight is 298 g/mol. The van der Waals surface area contributed by atoms with E-state index in [1.807, 2.05) is 42.5 Å². The summed E-state index contributed by atoms with van der Waals surface area (Å²) in [5.74, 6) is -0.168. The van der Waals surface area contributed by atoms with Gasteiger partial charge in [-0.25, -0.2) is 4.39 Å². The van der Waals surface area contributed by atoms with Crippen molar-refractivity contribution in [2.24, 2.45) is 5.41 Å². The Kier molecular flexibility index (Phi) is 5.51. The molecular formula is C20H23FO. The van der Waals surface area contributed by atoms with E-state index in [0.717, 1.165) is 11.1 Å². The second-order valence-corrected chi connectivity index (χ2v) is 6.27. The molecule has 0 radical (unpaired) electrons. The van der Waals surface area contributed by atoms with Gasteiger partial charge in [0.2, 0.25) is 0 Å². The molecule has 22 heavy (non-hydrogen) atoms. The van der Waals surface area contributed by atoms with Gasteiger partial charge in [-0.1, -0.05) is 62.4 Å².